The quantitative estimate of drug-likeness (QED) is 0.688. The standard InChI is InChI=1S/C8H5BrF3NO3/c9-2-5-4(3-14)1-6(15)7(13-5)16-8(10,11)12/h1,3,15H,2H2. The number of carbonyl (C=O) groups is 1. The molecule has 0 saturated heterocycles. The molecule has 4 nitrogen and oxygen atoms in total. The highest BCUT2D eigenvalue weighted by Gasteiger charge is 2.33. The number of ether oxygens (including phenoxy) is 1. The van der Waals surface area contributed by atoms with Crippen LogP contribution >= 0.6 is 15.9 Å². The van der Waals surface area contributed by atoms with E-state index in [0.717, 1.165) is 6.07 Å². The fourth-order valence-electron chi connectivity index (χ4n) is 0.931. The van der Waals surface area contributed by atoms with Crippen molar-refractivity contribution in [3.63, 3.8) is 0 Å². The third-order valence-electron chi connectivity index (χ3n) is 1.55. The van der Waals surface area contributed by atoms with Gasteiger partial charge >= 0.3 is 6.36 Å². The van der Waals surface area contributed by atoms with Gasteiger partial charge in [0.2, 0.25) is 0 Å². The highest BCUT2D eigenvalue weighted by atomic mass is 79.9. The van der Waals surface area contributed by atoms with Crippen molar-refractivity contribution >= 4 is 22.2 Å². The molecule has 0 aliphatic carbocycles. The highest BCUT2D eigenvalue weighted by molar-refractivity contribution is 9.08. The number of rotatable bonds is 3. The molecule has 0 aliphatic heterocycles. The smallest absolute Gasteiger partial charge is 0.503 e. The fourth-order valence-corrected chi connectivity index (χ4v) is 1.38. The van der Waals surface area contributed by atoms with Crippen LogP contribution in [-0.2, 0) is 5.33 Å². The molecule has 0 spiro atoms. The molecule has 1 rings (SSSR count). The Hall–Kier alpha value is -1.31. The van der Waals surface area contributed by atoms with Crippen molar-refractivity contribution < 1.29 is 27.8 Å². The second-order valence-corrected chi connectivity index (χ2v) is 3.21. The van der Waals surface area contributed by atoms with Crippen LogP contribution in [0.25, 0.3) is 0 Å². The summed E-state index contributed by atoms with van der Waals surface area (Å²) in [5.74, 6) is -1.82. The lowest BCUT2D eigenvalue weighted by Gasteiger charge is -2.11. The van der Waals surface area contributed by atoms with Gasteiger partial charge in [-0.15, -0.1) is 13.2 Å². The van der Waals surface area contributed by atoms with Gasteiger partial charge in [-0.3, -0.25) is 4.79 Å². The number of pyridine rings is 1. The predicted octanol–water partition coefficient (Wildman–Crippen LogP) is 2.39. The van der Waals surface area contributed by atoms with Gasteiger partial charge in [-0.1, -0.05) is 15.9 Å². The normalized spacial score (nSPS) is 11.2. The summed E-state index contributed by atoms with van der Waals surface area (Å²) in [6, 6.07) is 0.859. The van der Waals surface area contributed by atoms with Crippen LogP contribution in [0.1, 0.15) is 16.1 Å². The van der Waals surface area contributed by atoms with E-state index in [1.807, 2.05) is 0 Å². The number of aromatic hydroxyl groups is 1. The van der Waals surface area contributed by atoms with E-state index >= 15 is 0 Å². The van der Waals surface area contributed by atoms with Gasteiger partial charge in [-0.2, -0.15) is 0 Å². The summed E-state index contributed by atoms with van der Waals surface area (Å²) in [4.78, 5) is 13.9. The van der Waals surface area contributed by atoms with Crippen LogP contribution in [0.3, 0.4) is 0 Å². The number of nitrogens with zero attached hydrogens (tertiary/aromatic N) is 1. The van der Waals surface area contributed by atoms with Crippen molar-refractivity contribution in [3.05, 3.63) is 17.3 Å². The third-order valence-corrected chi connectivity index (χ3v) is 2.08. The molecule has 1 heterocycles. The molecule has 0 bridgehead atoms. The molecule has 8 heteroatoms. The van der Waals surface area contributed by atoms with E-state index in [0.29, 0.717) is 6.29 Å². The largest absolute Gasteiger partial charge is 0.574 e. The maximum absolute atomic E-state index is 11.9. The van der Waals surface area contributed by atoms with Gasteiger partial charge in [-0.05, 0) is 6.07 Å². The summed E-state index contributed by atoms with van der Waals surface area (Å²) in [6.07, 6.45) is -4.57. The molecule has 0 fully saturated rings. The van der Waals surface area contributed by atoms with Crippen LogP contribution in [0.4, 0.5) is 13.2 Å². The SMILES string of the molecule is O=Cc1cc(O)c(OC(F)(F)F)nc1CBr. The number of carbonyl (C=O) groups excluding carboxylic acids is 1. The molecule has 1 aromatic heterocycles. The average Bonchev–Trinajstić information content (AvgIpc) is 2.18. The lowest BCUT2D eigenvalue weighted by atomic mass is 10.2. The minimum absolute atomic E-state index is 0.0103. The molecular weight excluding hydrogens is 295 g/mol. The highest BCUT2D eigenvalue weighted by Crippen LogP contribution is 2.31. The Morgan fingerprint density at radius 1 is 1.56 bits per heavy atom. The molecule has 88 valence electrons. The molecule has 1 N–H and O–H groups in total. The molecular formula is C8H5BrF3NO3. The first-order chi connectivity index (χ1) is 7.37. The summed E-state index contributed by atoms with van der Waals surface area (Å²) in [7, 11) is 0. The first-order valence-electron chi connectivity index (χ1n) is 3.87. The number of halogens is 4. The molecule has 1 aromatic rings. The Morgan fingerprint density at radius 3 is 2.62 bits per heavy atom. The van der Waals surface area contributed by atoms with Crippen LogP contribution in [0.15, 0.2) is 6.07 Å². The maximum atomic E-state index is 11.9. The third kappa shape index (κ3) is 3.09. The zero-order valence-corrected chi connectivity index (χ0v) is 9.17. The summed E-state index contributed by atoms with van der Waals surface area (Å²) in [5, 5.41) is 9.21. The molecule has 0 atom stereocenters. The summed E-state index contributed by atoms with van der Waals surface area (Å²) >= 11 is 2.95. The number of aromatic nitrogens is 1. The Morgan fingerprint density at radius 2 is 2.19 bits per heavy atom. The zero-order chi connectivity index (χ0) is 12.3. The van der Waals surface area contributed by atoms with Crippen LogP contribution in [-0.4, -0.2) is 22.7 Å². The number of hydrogen-bond acceptors (Lipinski definition) is 4. The number of aldehydes is 1. The molecule has 16 heavy (non-hydrogen) atoms. The van der Waals surface area contributed by atoms with Gasteiger partial charge in [0.1, 0.15) is 0 Å². The maximum Gasteiger partial charge on any atom is 0.574 e. The Bertz CT molecular complexity index is 408. The number of hydrogen-bond donors (Lipinski definition) is 1. The average molecular weight is 300 g/mol. The summed E-state index contributed by atoms with van der Waals surface area (Å²) in [6.45, 7) is 0. The predicted molar refractivity (Wildman–Crippen MR) is 50.6 cm³/mol. The monoisotopic (exact) mass is 299 g/mol. The molecule has 0 unspecified atom stereocenters. The minimum Gasteiger partial charge on any atom is -0.503 e. The van der Waals surface area contributed by atoms with Gasteiger partial charge in [0.15, 0.2) is 12.0 Å². The first kappa shape index (κ1) is 12.8. The van der Waals surface area contributed by atoms with Crippen molar-refractivity contribution in [3.8, 4) is 11.6 Å². The Balaban J connectivity index is 3.16. The van der Waals surface area contributed by atoms with Crippen LogP contribution in [0.2, 0.25) is 0 Å². The molecule has 0 aliphatic rings. The summed E-state index contributed by atoms with van der Waals surface area (Å²) < 4.78 is 39.1. The van der Waals surface area contributed by atoms with E-state index in [-0.39, 0.29) is 16.6 Å². The second-order valence-electron chi connectivity index (χ2n) is 2.65. The van der Waals surface area contributed by atoms with Crippen molar-refractivity contribution in [2.75, 3.05) is 0 Å². The van der Waals surface area contributed by atoms with E-state index in [9.17, 15) is 18.0 Å². The van der Waals surface area contributed by atoms with Crippen molar-refractivity contribution in [2.24, 2.45) is 0 Å². The molecule has 0 radical (unpaired) electrons. The molecule has 0 saturated carbocycles. The Kier molecular flexibility index (Phi) is 3.74. The topological polar surface area (TPSA) is 59.4 Å². The zero-order valence-electron chi connectivity index (χ0n) is 7.58. The van der Waals surface area contributed by atoms with E-state index in [2.05, 4.69) is 25.7 Å². The Labute approximate surface area is 96.2 Å². The van der Waals surface area contributed by atoms with Crippen LogP contribution in [0, 0.1) is 0 Å². The minimum atomic E-state index is -4.95. The van der Waals surface area contributed by atoms with Gasteiger partial charge in [-0.25, -0.2) is 4.98 Å². The van der Waals surface area contributed by atoms with E-state index in [4.69, 9.17) is 5.11 Å². The fraction of sp³-hybridized carbons (Fsp3) is 0.250. The van der Waals surface area contributed by atoms with Gasteiger partial charge < -0.3 is 9.84 Å². The van der Waals surface area contributed by atoms with E-state index in [1.54, 1.807) is 0 Å². The second kappa shape index (κ2) is 4.69. The van der Waals surface area contributed by atoms with Crippen molar-refractivity contribution in [1.29, 1.82) is 0 Å². The summed E-state index contributed by atoms with van der Waals surface area (Å²) in [5.41, 5.74) is 0.0379. The molecule has 0 aromatic carbocycles. The van der Waals surface area contributed by atoms with Gasteiger partial charge in [0.05, 0.1) is 5.69 Å². The van der Waals surface area contributed by atoms with E-state index < -0.39 is 18.0 Å². The van der Waals surface area contributed by atoms with Crippen LogP contribution in [0.5, 0.6) is 11.6 Å². The van der Waals surface area contributed by atoms with Crippen molar-refractivity contribution in [1.82, 2.24) is 4.98 Å². The molecule has 0 amide bonds. The lowest BCUT2D eigenvalue weighted by molar-refractivity contribution is -0.276. The van der Waals surface area contributed by atoms with E-state index in [1.165, 1.54) is 0 Å². The van der Waals surface area contributed by atoms with Gasteiger partial charge in [0, 0.05) is 10.9 Å². The van der Waals surface area contributed by atoms with Crippen molar-refractivity contribution in [2.45, 2.75) is 11.7 Å². The number of alkyl halides is 4. The van der Waals surface area contributed by atoms with Gasteiger partial charge in [0.25, 0.3) is 5.88 Å². The first-order valence-corrected chi connectivity index (χ1v) is 4.99. The van der Waals surface area contributed by atoms with Crippen LogP contribution < -0.4 is 4.74 Å². The lowest BCUT2D eigenvalue weighted by Crippen LogP contribution is -2.18.